The van der Waals surface area contributed by atoms with Crippen LogP contribution in [0.5, 0.6) is 0 Å². The molecule has 2 aromatic rings. The second kappa shape index (κ2) is 5.87. The van der Waals surface area contributed by atoms with Crippen molar-refractivity contribution in [3.63, 3.8) is 0 Å². The summed E-state index contributed by atoms with van der Waals surface area (Å²) >= 11 is 0. The van der Waals surface area contributed by atoms with Crippen molar-refractivity contribution in [3.8, 4) is 0 Å². The summed E-state index contributed by atoms with van der Waals surface area (Å²) in [6.45, 7) is 4.11. The van der Waals surface area contributed by atoms with E-state index in [1.54, 1.807) is 19.9 Å². The molecule has 21 heavy (non-hydrogen) atoms. The molecule has 0 aliphatic rings. The van der Waals surface area contributed by atoms with E-state index in [1.165, 1.54) is 0 Å². The van der Waals surface area contributed by atoms with Crippen LogP contribution >= 0.6 is 0 Å². The van der Waals surface area contributed by atoms with Crippen molar-refractivity contribution >= 4 is 15.7 Å². The normalized spacial score (nSPS) is 11.9. The lowest BCUT2D eigenvalue weighted by molar-refractivity contribution is 0.402. The molecule has 114 valence electrons. The summed E-state index contributed by atoms with van der Waals surface area (Å²) < 4.78 is 27.5. The minimum Gasteiger partial charge on any atom is -0.305 e. The highest BCUT2D eigenvalue weighted by Crippen LogP contribution is 2.21. The number of sulfonamides is 1. The maximum atomic E-state index is 12.5. The number of aryl methyl sites for hydroxylation is 2. The molecule has 0 spiro atoms. The number of nitrogens with one attached hydrogen (secondary N) is 2. The van der Waals surface area contributed by atoms with E-state index in [9.17, 15) is 8.42 Å². The quantitative estimate of drug-likeness (QED) is 0.884. The van der Waals surface area contributed by atoms with Crippen LogP contribution in [0.2, 0.25) is 0 Å². The second-order valence-electron chi connectivity index (χ2n) is 5.31. The number of benzene rings is 1. The summed E-state index contributed by atoms with van der Waals surface area (Å²) in [5, 5.41) is 6.62. The third kappa shape index (κ3) is 3.62. The lowest BCUT2D eigenvalue weighted by Crippen LogP contribution is -2.15. The fraction of sp³-hybridized carbons (Fsp3) is 0.357. The molecular weight excluding hydrogens is 288 g/mol. The first-order chi connectivity index (χ1) is 9.79. The first kappa shape index (κ1) is 15.5. The molecule has 0 unspecified atom stereocenters. The van der Waals surface area contributed by atoms with E-state index in [-0.39, 0.29) is 4.90 Å². The number of aromatic nitrogens is 2. The Kier molecular flexibility index (Phi) is 4.34. The van der Waals surface area contributed by atoms with Gasteiger partial charge in [-0.15, -0.1) is 0 Å². The van der Waals surface area contributed by atoms with Crippen LogP contribution in [0.3, 0.4) is 0 Å². The molecule has 0 bridgehead atoms. The van der Waals surface area contributed by atoms with E-state index in [0.29, 0.717) is 17.1 Å². The lowest BCUT2D eigenvalue weighted by atomic mass is 10.2. The zero-order valence-electron chi connectivity index (χ0n) is 12.6. The highest BCUT2D eigenvalue weighted by molar-refractivity contribution is 7.92. The smallest absolute Gasteiger partial charge is 0.265 e. The van der Waals surface area contributed by atoms with Crippen molar-refractivity contribution in [2.75, 3.05) is 18.8 Å². The molecule has 0 aliphatic heterocycles. The number of hydrogen-bond donors (Lipinski definition) is 2. The predicted octanol–water partition coefficient (Wildman–Crippen LogP) is 1.89. The molecule has 0 atom stereocenters. The van der Waals surface area contributed by atoms with Crippen LogP contribution in [0, 0.1) is 13.8 Å². The van der Waals surface area contributed by atoms with Crippen LogP contribution in [0.25, 0.3) is 0 Å². The van der Waals surface area contributed by atoms with Gasteiger partial charge in [0.25, 0.3) is 10.0 Å². The highest BCUT2D eigenvalue weighted by Gasteiger charge is 2.22. The highest BCUT2D eigenvalue weighted by atomic mass is 32.2. The van der Waals surface area contributed by atoms with Crippen LogP contribution < -0.4 is 4.72 Å². The number of aromatic amines is 1. The van der Waals surface area contributed by atoms with Crippen molar-refractivity contribution in [1.29, 1.82) is 0 Å². The van der Waals surface area contributed by atoms with Gasteiger partial charge in [-0.3, -0.25) is 9.82 Å². The van der Waals surface area contributed by atoms with Gasteiger partial charge in [-0.1, -0.05) is 12.1 Å². The van der Waals surface area contributed by atoms with Gasteiger partial charge in [0.15, 0.2) is 0 Å². The summed E-state index contributed by atoms with van der Waals surface area (Å²) in [5.41, 5.74) is 2.59. The van der Waals surface area contributed by atoms with Crippen molar-refractivity contribution in [2.45, 2.75) is 25.3 Å². The molecule has 2 N–H and O–H groups in total. The number of nitrogens with zero attached hydrogens (tertiary/aromatic N) is 2. The number of hydrogen-bond acceptors (Lipinski definition) is 4. The van der Waals surface area contributed by atoms with E-state index in [2.05, 4.69) is 14.9 Å². The molecule has 1 aromatic heterocycles. The Morgan fingerprint density at radius 1 is 1.29 bits per heavy atom. The van der Waals surface area contributed by atoms with Gasteiger partial charge < -0.3 is 4.90 Å². The Morgan fingerprint density at radius 2 is 2.00 bits per heavy atom. The van der Waals surface area contributed by atoms with Gasteiger partial charge in [-0.05, 0) is 45.6 Å². The molecule has 0 saturated heterocycles. The predicted molar refractivity (Wildman–Crippen MR) is 82.7 cm³/mol. The van der Waals surface area contributed by atoms with Gasteiger partial charge in [0.05, 0.1) is 11.4 Å². The Bertz CT molecular complexity index is 716. The SMILES string of the molecule is Cc1n[nH]c(C)c1S(=O)(=O)Nc1cccc(CN(C)C)c1. The number of H-pyrrole nitrogens is 1. The molecule has 0 aliphatic carbocycles. The molecular formula is C14H20N4O2S. The van der Waals surface area contributed by atoms with Crippen molar-refractivity contribution < 1.29 is 8.42 Å². The van der Waals surface area contributed by atoms with E-state index in [0.717, 1.165) is 12.1 Å². The van der Waals surface area contributed by atoms with Gasteiger partial charge in [0, 0.05) is 12.2 Å². The Morgan fingerprint density at radius 3 is 2.57 bits per heavy atom. The molecule has 7 heteroatoms. The Labute approximate surface area is 125 Å². The van der Waals surface area contributed by atoms with Crippen LogP contribution in [0.1, 0.15) is 17.0 Å². The monoisotopic (exact) mass is 308 g/mol. The summed E-state index contributed by atoms with van der Waals surface area (Å²) in [7, 11) is 0.301. The first-order valence-corrected chi connectivity index (χ1v) is 8.06. The van der Waals surface area contributed by atoms with Crippen LogP contribution in [0.4, 0.5) is 5.69 Å². The standard InChI is InChI=1S/C14H20N4O2S/c1-10-14(11(2)16-15-10)21(19,20)17-13-7-5-6-12(8-13)9-18(3)4/h5-8,17H,9H2,1-4H3,(H,15,16). The first-order valence-electron chi connectivity index (χ1n) is 6.57. The lowest BCUT2D eigenvalue weighted by Gasteiger charge is -2.12. The second-order valence-corrected chi connectivity index (χ2v) is 6.93. The van der Waals surface area contributed by atoms with Crippen LogP contribution in [-0.4, -0.2) is 37.6 Å². The summed E-state index contributed by atoms with van der Waals surface area (Å²) in [6, 6.07) is 7.38. The maximum absolute atomic E-state index is 12.5. The van der Waals surface area contributed by atoms with Crippen molar-refractivity contribution in [1.82, 2.24) is 15.1 Å². The van der Waals surface area contributed by atoms with Gasteiger partial charge in [-0.2, -0.15) is 5.10 Å². The van der Waals surface area contributed by atoms with E-state index in [4.69, 9.17) is 0 Å². The van der Waals surface area contributed by atoms with Gasteiger partial charge >= 0.3 is 0 Å². The molecule has 0 saturated carbocycles. The summed E-state index contributed by atoms with van der Waals surface area (Å²) in [4.78, 5) is 2.23. The van der Waals surface area contributed by atoms with Gasteiger partial charge in [-0.25, -0.2) is 8.42 Å². The van der Waals surface area contributed by atoms with Crippen molar-refractivity contribution in [2.24, 2.45) is 0 Å². The Hall–Kier alpha value is -1.86. The number of anilines is 1. The van der Waals surface area contributed by atoms with E-state index >= 15 is 0 Å². The maximum Gasteiger partial charge on any atom is 0.265 e. The van der Waals surface area contributed by atoms with Gasteiger partial charge in [0.1, 0.15) is 4.90 Å². The average molecular weight is 308 g/mol. The third-order valence-electron chi connectivity index (χ3n) is 3.01. The minimum absolute atomic E-state index is 0.209. The largest absolute Gasteiger partial charge is 0.305 e. The van der Waals surface area contributed by atoms with Gasteiger partial charge in [0.2, 0.25) is 0 Å². The zero-order valence-corrected chi connectivity index (χ0v) is 13.5. The van der Waals surface area contributed by atoms with Crippen molar-refractivity contribution in [3.05, 3.63) is 41.2 Å². The molecule has 0 fully saturated rings. The molecule has 6 nitrogen and oxygen atoms in total. The summed E-state index contributed by atoms with van der Waals surface area (Å²) in [5.74, 6) is 0. The average Bonchev–Trinajstić information content (AvgIpc) is 2.68. The molecule has 0 amide bonds. The van der Waals surface area contributed by atoms with E-state index in [1.807, 2.05) is 37.2 Å². The Balaban J connectivity index is 2.29. The zero-order chi connectivity index (χ0) is 15.6. The van der Waals surface area contributed by atoms with Crippen LogP contribution in [0.15, 0.2) is 29.2 Å². The molecule has 1 heterocycles. The fourth-order valence-corrected chi connectivity index (χ4v) is 3.66. The van der Waals surface area contributed by atoms with E-state index < -0.39 is 10.0 Å². The molecule has 2 rings (SSSR count). The minimum atomic E-state index is -3.63. The fourth-order valence-electron chi connectivity index (χ4n) is 2.24. The number of rotatable bonds is 5. The van der Waals surface area contributed by atoms with Crippen LogP contribution in [-0.2, 0) is 16.6 Å². The third-order valence-corrected chi connectivity index (χ3v) is 4.65. The molecule has 0 radical (unpaired) electrons. The summed E-state index contributed by atoms with van der Waals surface area (Å²) in [6.07, 6.45) is 0. The topological polar surface area (TPSA) is 78.1 Å². The molecule has 1 aromatic carbocycles.